The van der Waals surface area contributed by atoms with E-state index in [9.17, 15) is 9.59 Å². The summed E-state index contributed by atoms with van der Waals surface area (Å²) in [7, 11) is 0. The van der Waals surface area contributed by atoms with Crippen molar-refractivity contribution in [2.45, 2.75) is 58.7 Å². The summed E-state index contributed by atoms with van der Waals surface area (Å²) in [6.45, 7) is 9.77. The summed E-state index contributed by atoms with van der Waals surface area (Å²) in [5.74, 6) is 0.0514. The zero-order valence-corrected chi connectivity index (χ0v) is 13.6. The molecule has 2 amide bonds. The molecule has 1 aliphatic rings. The molecule has 1 fully saturated rings. The fourth-order valence-corrected chi connectivity index (χ4v) is 2.28. The van der Waals surface area contributed by atoms with Crippen molar-refractivity contribution in [3.05, 3.63) is 0 Å². The van der Waals surface area contributed by atoms with E-state index in [1.54, 1.807) is 20.8 Å². The molecule has 0 saturated carbocycles. The maximum Gasteiger partial charge on any atom is 0.407 e. The summed E-state index contributed by atoms with van der Waals surface area (Å²) >= 11 is 0. The highest BCUT2D eigenvalue weighted by Gasteiger charge is 2.23. The van der Waals surface area contributed by atoms with Crippen LogP contribution in [0.5, 0.6) is 0 Å². The van der Waals surface area contributed by atoms with Crippen molar-refractivity contribution in [2.24, 2.45) is 0 Å². The molecule has 0 aliphatic carbocycles. The Labute approximate surface area is 127 Å². The molecule has 1 heterocycles. The van der Waals surface area contributed by atoms with Gasteiger partial charge in [-0.15, -0.1) is 0 Å². The van der Waals surface area contributed by atoms with Crippen LogP contribution in [0.4, 0.5) is 4.79 Å². The number of hydrogen-bond donors (Lipinski definition) is 1. The second kappa shape index (κ2) is 8.22. The van der Waals surface area contributed by atoms with Crippen LogP contribution < -0.4 is 5.32 Å². The molecule has 0 aromatic rings. The summed E-state index contributed by atoms with van der Waals surface area (Å²) < 4.78 is 10.7. The zero-order chi connectivity index (χ0) is 15.9. The van der Waals surface area contributed by atoms with Crippen LogP contribution >= 0.6 is 0 Å². The van der Waals surface area contributed by atoms with Crippen LogP contribution in [-0.4, -0.2) is 54.8 Å². The normalized spacial score (nSPS) is 19.2. The van der Waals surface area contributed by atoms with E-state index in [1.165, 1.54) is 0 Å². The molecule has 1 rings (SSSR count). The van der Waals surface area contributed by atoms with Crippen molar-refractivity contribution in [3.63, 3.8) is 0 Å². The Morgan fingerprint density at radius 3 is 2.67 bits per heavy atom. The first kappa shape index (κ1) is 17.8. The van der Waals surface area contributed by atoms with Crippen LogP contribution in [0.1, 0.15) is 47.0 Å². The third-order valence-electron chi connectivity index (χ3n) is 3.14. The Balaban J connectivity index is 2.25. The zero-order valence-electron chi connectivity index (χ0n) is 13.6. The van der Waals surface area contributed by atoms with E-state index in [2.05, 4.69) is 5.32 Å². The SMILES string of the molecule is CCO[C@@H]1CCCN(C(=O)CCNC(=O)OC(C)(C)C)C1. The summed E-state index contributed by atoms with van der Waals surface area (Å²) in [5.41, 5.74) is -0.522. The van der Waals surface area contributed by atoms with Gasteiger partial charge < -0.3 is 19.7 Å². The largest absolute Gasteiger partial charge is 0.444 e. The molecule has 6 nitrogen and oxygen atoms in total. The predicted molar refractivity (Wildman–Crippen MR) is 80.1 cm³/mol. The third-order valence-corrected chi connectivity index (χ3v) is 3.14. The lowest BCUT2D eigenvalue weighted by Gasteiger charge is -2.32. The summed E-state index contributed by atoms with van der Waals surface area (Å²) in [5, 5.41) is 2.61. The van der Waals surface area contributed by atoms with Crippen LogP contribution in [0.2, 0.25) is 0 Å². The van der Waals surface area contributed by atoms with Gasteiger partial charge in [-0.2, -0.15) is 0 Å². The molecule has 0 bridgehead atoms. The number of ether oxygens (including phenoxy) is 2. The number of likely N-dealkylation sites (tertiary alicyclic amines) is 1. The van der Waals surface area contributed by atoms with Crippen LogP contribution in [0, 0.1) is 0 Å². The maximum atomic E-state index is 12.1. The molecule has 0 spiro atoms. The molecule has 1 atom stereocenters. The van der Waals surface area contributed by atoms with Crippen LogP contribution in [-0.2, 0) is 14.3 Å². The second-order valence-electron chi connectivity index (χ2n) is 6.24. The minimum atomic E-state index is -0.522. The molecule has 122 valence electrons. The van der Waals surface area contributed by atoms with E-state index >= 15 is 0 Å². The fraction of sp³-hybridized carbons (Fsp3) is 0.867. The van der Waals surface area contributed by atoms with Crippen molar-refractivity contribution >= 4 is 12.0 Å². The van der Waals surface area contributed by atoms with Crippen LogP contribution in [0.3, 0.4) is 0 Å². The quantitative estimate of drug-likeness (QED) is 0.842. The third kappa shape index (κ3) is 7.32. The molecule has 1 saturated heterocycles. The summed E-state index contributed by atoms with van der Waals surface area (Å²) in [6.07, 6.45) is 1.93. The molecule has 0 radical (unpaired) electrons. The summed E-state index contributed by atoms with van der Waals surface area (Å²) in [6, 6.07) is 0. The summed E-state index contributed by atoms with van der Waals surface area (Å²) in [4.78, 5) is 25.4. The van der Waals surface area contributed by atoms with E-state index in [-0.39, 0.29) is 18.4 Å². The van der Waals surface area contributed by atoms with Gasteiger partial charge in [0.25, 0.3) is 0 Å². The molecule has 1 N–H and O–H groups in total. The Morgan fingerprint density at radius 1 is 1.33 bits per heavy atom. The van der Waals surface area contributed by atoms with Crippen molar-refractivity contribution in [1.29, 1.82) is 0 Å². The topological polar surface area (TPSA) is 67.9 Å². The van der Waals surface area contributed by atoms with Gasteiger partial charge in [-0.25, -0.2) is 4.79 Å². The second-order valence-corrected chi connectivity index (χ2v) is 6.24. The number of hydrogen-bond acceptors (Lipinski definition) is 4. The number of piperidine rings is 1. The predicted octanol–water partition coefficient (Wildman–Crippen LogP) is 1.93. The number of alkyl carbamates (subject to hydrolysis) is 1. The van der Waals surface area contributed by atoms with Gasteiger partial charge in [0.15, 0.2) is 0 Å². The average molecular weight is 300 g/mol. The molecule has 0 aromatic heterocycles. The maximum absolute atomic E-state index is 12.1. The lowest BCUT2D eigenvalue weighted by atomic mass is 10.1. The minimum Gasteiger partial charge on any atom is -0.444 e. The number of nitrogens with one attached hydrogen (secondary N) is 1. The van der Waals surface area contributed by atoms with E-state index in [0.717, 1.165) is 19.4 Å². The first-order valence-corrected chi connectivity index (χ1v) is 7.68. The van der Waals surface area contributed by atoms with Gasteiger partial charge in [0.2, 0.25) is 5.91 Å². The molecule has 1 aliphatic heterocycles. The van der Waals surface area contributed by atoms with E-state index in [4.69, 9.17) is 9.47 Å². The Kier molecular flexibility index (Phi) is 6.95. The Bertz CT molecular complexity index is 350. The standard InChI is InChI=1S/C15H28N2O4/c1-5-20-12-7-6-10-17(11-12)13(18)8-9-16-14(19)21-15(2,3)4/h12H,5-11H2,1-4H3,(H,16,19)/t12-/m1/s1. The molecule has 21 heavy (non-hydrogen) atoms. The Morgan fingerprint density at radius 2 is 2.05 bits per heavy atom. The number of amides is 2. The van der Waals surface area contributed by atoms with Gasteiger partial charge in [-0.1, -0.05) is 0 Å². The highest BCUT2D eigenvalue weighted by atomic mass is 16.6. The van der Waals surface area contributed by atoms with Gasteiger partial charge in [-0.3, -0.25) is 4.79 Å². The first-order chi connectivity index (χ1) is 9.81. The van der Waals surface area contributed by atoms with Crippen molar-refractivity contribution < 1.29 is 19.1 Å². The average Bonchev–Trinajstić information content (AvgIpc) is 2.37. The van der Waals surface area contributed by atoms with E-state index < -0.39 is 11.7 Å². The molecule has 6 heteroatoms. The number of carbonyl (C=O) groups is 2. The Hall–Kier alpha value is -1.30. The van der Waals surface area contributed by atoms with E-state index in [0.29, 0.717) is 19.7 Å². The molecular formula is C15H28N2O4. The molecule has 0 aromatic carbocycles. The van der Waals surface area contributed by atoms with Gasteiger partial charge in [0.1, 0.15) is 5.60 Å². The number of nitrogens with zero attached hydrogens (tertiary/aromatic N) is 1. The highest BCUT2D eigenvalue weighted by molar-refractivity contribution is 5.77. The van der Waals surface area contributed by atoms with Gasteiger partial charge in [0, 0.05) is 32.7 Å². The molecule has 0 unspecified atom stereocenters. The van der Waals surface area contributed by atoms with Crippen molar-refractivity contribution in [1.82, 2.24) is 10.2 Å². The van der Waals surface area contributed by atoms with Crippen LogP contribution in [0.15, 0.2) is 0 Å². The van der Waals surface area contributed by atoms with Gasteiger partial charge >= 0.3 is 6.09 Å². The molecular weight excluding hydrogens is 272 g/mol. The lowest BCUT2D eigenvalue weighted by molar-refractivity contribution is -0.135. The number of rotatable bonds is 5. The number of carbonyl (C=O) groups excluding carboxylic acids is 2. The fourth-order valence-electron chi connectivity index (χ4n) is 2.28. The first-order valence-electron chi connectivity index (χ1n) is 7.68. The monoisotopic (exact) mass is 300 g/mol. The van der Waals surface area contributed by atoms with Crippen molar-refractivity contribution in [3.8, 4) is 0 Å². The minimum absolute atomic E-state index is 0.0514. The van der Waals surface area contributed by atoms with Gasteiger partial charge in [0.05, 0.1) is 6.10 Å². The van der Waals surface area contributed by atoms with E-state index in [1.807, 2.05) is 11.8 Å². The highest BCUT2D eigenvalue weighted by Crippen LogP contribution is 2.14. The van der Waals surface area contributed by atoms with Crippen LogP contribution in [0.25, 0.3) is 0 Å². The lowest BCUT2D eigenvalue weighted by Crippen LogP contribution is -2.44. The van der Waals surface area contributed by atoms with Gasteiger partial charge in [-0.05, 0) is 40.5 Å². The smallest absolute Gasteiger partial charge is 0.407 e. The van der Waals surface area contributed by atoms with Crippen molar-refractivity contribution in [2.75, 3.05) is 26.2 Å².